The normalized spacial score (nSPS) is 20.5. The molecule has 24 heavy (non-hydrogen) atoms. The number of amides is 1. The van der Waals surface area contributed by atoms with Crippen LogP contribution in [-0.4, -0.2) is 21.9 Å². The highest BCUT2D eigenvalue weighted by molar-refractivity contribution is 5.77. The number of rotatable bonds is 6. The van der Waals surface area contributed by atoms with E-state index in [0.717, 1.165) is 31.2 Å². The predicted molar refractivity (Wildman–Crippen MR) is 90.3 cm³/mol. The minimum Gasteiger partial charge on any atom is -0.438 e. The molecule has 3 rings (SSSR count). The molecule has 0 aliphatic heterocycles. The topological polar surface area (TPSA) is 90.1 Å². The zero-order chi connectivity index (χ0) is 16.8. The molecule has 1 heterocycles. The molecule has 6 nitrogen and oxygen atoms in total. The molecule has 1 amide bonds. The van der Waals surface area contributed by atoms with E-state index in [-0.39, 0.29) is 17.9 Å². The molecule has 0 radical (unpaired) electrons. The highest BCUT2D eigenvalue weighted by atomic mass is 16.5. The lowest BCUT2D eigenvalue weighted by atomic mass is 9.84. The van der Waals surface area contributed by atoms with Crippen LogP contribution in [0.2, 0.25) is 0 Å². The summed E-state index contributed by atoms with van der Waals surface area (Å²) in [4.78, 5) is 19.6. The Hall–Kier alpha value is -2.47. The lowest BCUT2D eigenvalue weighted by Gasteiger charge is -2.30. The summed E-state index contributed by atoms with van der Waals surface area (Å²) < 4.78 is 5.62. The van der Waals surface area contributed by atoms with Crippen LogP contribution >= 0.6 is 0 Å². The lowest BCUT2D eigenvalue weighted by molar-refractivity contribution is -0.123. The van der Waals surface area contributed by atoms with Crippen LogP contribution in [-0.2, 0) is 11.3 Å². The fourth-order valence-electron chi connectivity index (χ4n) is 3.10. The molecule has 1 fully saturated rings. The van der Waals surface area contributed by atoms with Gasteiger partial charge in [0.25, 0.3) is 0 Å². The third kappa shape index (κ3) is 4.29. The van der Waals surface area contributed by atoms with Gasteiger partial charge in [0.1, 0.15) is 5.75 Å². The van der Waals surface area contributed by atoms with E-state index in [1.165, 1.54) is 0 Å². The van der Waals surface area contributed by atoms with Gasteiger partial charge in [-0.25, -0.2) is 4.98 Å². The molecule has 0 saturated heterocycles. The van der Waals surface area contributed by atoms with Crippen molar-refractivity contribution in [2.24, 2.45) is 11.7 Å². The molecule has 6 heteroatoms. The first-order valence-electron chi connectivity index (χ1n) is 8.28. The molecule has 1 aliphatic rings. The van der Waals surface area contributed by atoms with Crippen molar-refractivity contribution in [2.75, 3.05) is 0 Å². The average Bonchev–Trinajstić information content (AvgIpc) is 2.62. The van der Waals surface area contributed by atoms with Gasteiger partial charge in [-0.15, -0.1) is 0 Å². The first kappa shape index (κ1) is 16.4. The minimum absolute atomic E-state index is 0.0574. The first-order valence-corrected chi connectivity index (χ1v) is 8.28. The average molecular weight is 326 g/mol. The molecule has 126 valence electrons. The number of carbonyl (C=O) groups excluding carboxylic acids is 1. The maximum Gasteiger partial charge on any atom is 0.237 e. The Balaban J connectivity index is 1.55. The van der Waals surface area contributed by atoms with Gasteiger partial charge < -0.3 is 15.8 Å². The number of ether oxygens (including phenoxy) is 1. The largest absolute Gasteiger partial charge is 0.438 e. The highest BCUT2D eigenvalue weighted by Gasteiger charge is 2.28. The van der Waals surface area contributed by atoms with Gasteiger partial charge in [-0.3, -0.25) is 9.78 Å². The van der Waals surface area contributed by atoms with E-state index in [0.29, 0.717) is 18.2 Å². The smallest absolute Gasteiger partial charge is 0.237 e. The van der Waals surface area contributed by atoms with Crippen LogP contribution < -0.4 is 15.8 Å². The number of nitrogens with zero attached hydrogens (tertiary/aromatic N) is 2. The zero-order valence-electron chi connectivity index (χ0n) is 13.5. The number of benzene rings is 1. The van der Waals surface area contributed by atoms with Crippen molar-refractivity contribution in [3.8, 4) is 11.6 Å². The molecule has 2 unspecified atom stereocenters. The maximum atomic E-state index is 11.5. The number of hydrogen-bond acceptors (Lipinski definition) is 5. The van der Waals surface area contributed by atoms with Gasteiger partial charge in [-0.2, -0.15) is 0 Å². The SMILES string of the molecule is NC(=O)C1CCCCC1NCc1ccc(Oc2cnccn2)cc1. The second kappa shape index (κ2) is 7.88. The maximum absolute atomic E-state index is 11.5. The van der Waals surface area contributed by atoms with Gasteiger partial charge in [0.15, 0.2) is 0 Å². The first-order chi connectivity index (χ1) is 11.7. The summed E-state index contributed by atoms with van der Waals surface area (Å²) in [5, 5.41) is 3.47. The number of carbonyl (C=O) groups is 1. The third-order valence-electron chi connectivity index (χ3n) is 4.39. The molecule has 1 saturated carbocycles. The molecule has 0 bridgehead atoms. The van der Waals surface area contributed by atoms with Crippen LogP contribution in [0.25, 0.3) is 0 Å². The number of hydrogen-bond donors (Lipinski definition) is 2. The Morgan fingerprint density at radius 1 is 1.21 bits per heavy atom. The van der Waals surface area contributed by atoms with Gasteiger partial charge in [0.05, 0.1) is 12.1 Å². The van der Waals surface area contributed by atoms with E-state index in [1.807, 2.05) is 24.3 Å². The van der Waals surface area contributed by atoms with Gasteiger partial charge in [0.2, 0.25) is 11.8 Å². The highest BCUT2D eigenvalue weighted by Crippen LogP contribution is 2.25. The molecule has 0 spiro atoms. The van der Waals surface area contributed by atoms with E-state index in [9.17, 15) is 4.79 Å². The van der Waals surface area contributed by atoms with Crippen LogP contribution in [0.3, 0.4) is 0 Å². The summed E-state index contributed by atoms with van der Waals surface area (Å²) in [6.07, 6.45) is 8.88. The van der Waals surface area contributed by atoms with E-state index in [4.69, 9.17) is 10.5 Å². The number of primary amides is 1. The van der Waals surface area contributed by atoms with Crippen LogP contribution in [0.5, 0.6) is 11.6 Å². The van der Waals surface area contributed by atoms with Crippen LogP contribution in [0, 0.1) is 5.92 Å². The fourth-order valence-corrected chi connectivity index (χ4v) is 3.10. The molecule has 3 N–H and O–H groups in total. The van der Waals surface area contributed by atoms with Crippen molar-refractivity contribution < 1.29 is 9.53 Å². The molecule has 1 aromatic carbocycles. The molecular formula is C18H22N4O2. The Bertz CT molecular complexity index is 660. The number of aromatic nitrogens is 2. The fraction of sp³-hybridized carbons (Fsp3) is 0.389. The van der Waals surface area contributed by atoms with Crippen molar-refractivity contribution in [2.45, 2.75) is 38.3 Å². The lowest BCUT2D eigenvalue weighted by Crippen LogP contribution is -2.44. The van der Waals surface area contributed by atoms with Crippen molar-refractivity contribution in [3.05, 3.63) is 48.4 Å². The standard InChI is InChI=1S/C18H22N4O2/c19-18(23)15-3-1-2-4-16(15)22-11-13-5-7-14(8-6-13)24-17-12-20-9-10-21-17/h5-10,12,15-16,22H,1-4,11H2,(H2,19,23). The molecule has 2 atom stereocenters. The number of nitrogens with two attached hydrogens (primary N) is 1. The van der Waals surface area contributed by atoms with Gasteiger partial charge >= 0.3 is 0 Å². The predicted octanol–water partition coefficient (Wildman–Crippen LogP) is 2.40. The second-order valence-corrected chi connectivity index (χ2v) is 6.07. The zero-order valence-corrected chi connectivity index (χ0v) is 13.5. The molecule has 1 aromatic heterocycles. The van der Waals surface area contributed by atoms with Crippen LogP contribution in [0.4, 0.5) is 0 Å². The summed E-state index contributed by atoms with van der Waals surface area (Å²) in [6, 6.07) is 7.98. The molecule has 1 aliphatic carbocycles. The summed E-state index contributed by atoms with van der Waals surface area (Å²) >= 11 is 0. The van der Waals surface area contributed by atoms with Gasteiger partial charge in [-0.1, -0.05) is 25.0 Å². The van der Waals surface area contributed by atoms with Crippen molar-refractivity contribution >= 4 is 5.91 Å². The third-order valence-corrected chi connectivity index (χ3v) is 4.39. The molecular weight excluding hydrogens is 304 g/mol. The van der Waals surface area contributed by atoms with Crippen molar-refractivity contribution in [3.63, 3.8) is 0 Å². The summed E-state index contributed by atoms with van der Waals surface area (Å²) in [5.41, 5.74) is 6.65. The minimum atomic E-state index is -0.195. The van der Waals surface area contributed by atoms with Crippen LogP contribution in [0.15, 0.2) is 42.9 Å². The van der Waals surface area contributed by atoms with E-state index < -0.39 is 0 Å². The summed E-state index contributed by atoms with van der Waals surface area (Å²) in [7, 11) is 0. The Morgan fingerprint density at radius 2 is 2.00 bits per heavy atom. The quantitative estimate of drug-likeness (QED) is 0.851. The molecule has 2 aromatic rings. The van der Waals surface area contributed by atoms with E-state index >= 15 is 0 Å². The summed E-state index contributed by atoms with van der Waals surface area (Å²) in [5.74, 6) is 0.930. The van der Waals surface area contributed by atoms with Gasteiger partial charge in [-0.05, 0) is 30.5 Å². The number of nitrogens with one attached hydrogen (secondary N) is 1. The summed E-state index contributed by atoms with van der Waals surface area (Å²) in [6.45, 7) is 0.708. The Morgan fingerprint density at radius 3 is 2.71 bits per heavy atom. The monoisotopic (exact) mass is 326 g/mol. The Kier molecular flexibility index (Phi) is 5.38. The van der Waals surface area contributed by atoms with Gasteiger partial charge in [0, 0.05) is 25.0 Å². The van der Waals surface area contributed by atoms with Crippen molar-refractivity contribution in [1.82, 2.24) is 15.3 Å². The van der Waals surface area contributed by atoms with Crippen molar-refractivity contribution in [1.29, 1.82) is 0 Å². The van der Waals surface area contributed by atoms with Crippen LogP contribution in [0.1, 0.15) is 31.2 Å². The van der Waals surface area contributed by atoms with E-state index in [1.54, 1.807) is 18.6 Å². The van der Waals surface area contributed by atoms with E-state index in [2.05, 4.69) is 15.3 Å². The Labute approximate surface area is 141 Å². The second-order valence-electron chi connectivity index (χ2n) is 6.07.